The van der Waals surface area contributed by atoms with Gasteiger partial charge in [0.2, 0.25) is 5.88 Å². The van der Waals surface area contributed by atoms with Crippen molar-refractivity contribution in [3.63, 3.8) is 0 Å². The second kappa shape index (κ2) is 8.80. The van der Waals surface area contributed by atoms with Crippen molar-refractivity contribution in [3.05, 3.63) is 72.3 Å². The van der Waals surface area contributed by atoms with Gasteiger partial charge in [-0.25, -0.2) is 0 Å². The third-order valence-corrected chi connectivity index (χ3v) is 6.45. The third kappa shape index (κ3) is 4.19. The molecular weight excluding hydrogens is 432 g/mol. The van der Waals surface area contributed by atoms with Crippen molar-refractivity contribution in [1.82, 2.24) is 9.19 Å². The largest absolute Gasteiger partial charge is 0.508 e. The Bertz CT molecular complexity index is 1350. The quantitative estimate of drug-likeness (QED) is 0.405. The molecule has 4 rings (SSSR count). The standard InChI is InChI=1S/C23H22N2O6S/c1-16-8-10-19(15-22(16)26)32(27,28)25-21-11-9-18(29-2)14-20(21)23(24-25)31-13-12-30-17-6-4-3-5-7-17/h3-11,14-15,26H,12-13H2,1-2H3. The zero-order chi connectivity index (χ0) is 22.7. The van der Waals surface area contributed by atoms with Crippen molar-refractivity contribution in [1.29, 1.82) is 0 Å². The molecule has 0 unspecified atom stereocenters. The fourth-order valence-electron chi connectivity index (χ4n) is 3.12. The molecule has 9 heteroatoms. The summed E-state index contributed by atoms with van der Waals surface area (Å²) in [5, 5.41) is 14.7. The molecule has 8 nitrogen and oxygen atoms in total. The van der Waals surface area contributed by atoms with Gasteiger partial charge in [0, 0.05) is 6.07 Å². The first-order valence-corrected chi connectivity index (χ1v) is 11.3. The predicted octanol–water partition coefficient (Wildman–Crippen LogP) is 3.75. The van der Waals surface area contributed by atoms with Crippen LogP contribution in [0.5, 0.6) is 23.1 Å². The third-order valence-electron chi connectivity index (χ3n) is 4.86. The lowest BCUT2D eigenvalue weighted by Gasteiger charge is -2.08. The zero-order valence-corrected chi connectivity index (χ0v) is 18.4. The van der Waals surface area contributed by atoms with Crippen LogP contribution in [-0.4, -0.2) is 43.0 Å². The Balaban J connectivity index is 1.66. The molecule has 1 heterocycles. The van der Waals surface area contributed by atoms with Crippen LogP contribution >= 0.6 is 0 Å². The van der Waals surface area contributed by atoms with Crippen LogP contribution in [0.4, 0.5) is 0 Å². The second-order valence-electron chi connectivity index (χ2n) is 6.99. The number of hydrogen-bond acceptors (Lipinski definition) is 7. The van der Waals surface area contributed by atoms with Gasteiger partial charge >= 0.3 is 0 Å². The Morgan fingerprint density at radius 3 is 2.41 bits per heavy atom. The molecule has 1 N–H and O–H groups in total. The van der Waals surface area contributed by atoms with E-state index in [1.165, 1.54) is 25.3 Å². The van der Waals surface area contributed by atoms with E-state index in [4.69, 9.17) is 14.2 Å². The number of aromatic nitrogens is 2. The maximum absolute atomic E-state index is 13.3. The summed E-state index contributed by atoms with van der Waals surface area (Å²) in [5.41, 5.74) is 0.895. The van der Waals surface area contributed by atoms with E-state index in [9.17, 15) is 13.5 Å². The van der Waals surface area contributed by atoms with Crippen LogP contribution in [0.3, 0.4) is 0 Å². The molecule has 0 amide bonds. The van der Waals surface area contributed by atoms with E-state index in [0.29, 0.717) is 28.0 Å². The van der Waals surface area contributed by atoms with E-state index in [-0.39, 0.29) is 29.7 Å². The molecule has 0 radical (unpaired) electrons. The first kappa shape index (κ1) is 21.5. The van der Waals surface area contributed by atoms with E-state index in [1.807, 2.05) is 30.3 Å². The van der Waals surface area contributed by atoms with E-state index >= 15 is 0 Å². The molecule has 3 aromatic carbocycles. The monoisotopic (exact) mass is 454 g/mol. The molecule has 0 bridgehead atoms. The summed E-state index contributed by atoms with van der Waals surface area (Å²) >= 11 is 0. The number of nitrogens with zero attached hydrogens (tertiary/aromatic N) is 2. The number of aryl methyl sites for hydroxylation is 1. The number of rotatable bonds is 8. The van der Waals surface area contributed by atoms with Gasteiger partial charge in [0.25, 0.3) is 10.0 Å². The SMILES string of the molecule is COc1ccc2c(c1)c(OCCOc1ccccc1)nn2S(=O)(=O)c1ccc(C)c(O)c1. The average molecular weight is 455 g/mol. The van der Waals surface area contributed by atoms with Crippen LogP contribution in [-0.2, 0) is 10.0 Å². The number of fused-ring (bicyclic) bond motifs is 1. The van der Waals surface area contributed by atoms with Crippen molar-refractivity contribution < 1.29 is 27.7 Å². The molecule has 4 aromatic rings. The Kier molecular flexibility index (Phi) is 5.91. The van der Waals surface area contributed by atoms with Crippen molar-refractivity contribution in [2.24, 2.45) is 0 Å². The molecule has 1 aromatic heterocycles. The molecule has 0 saturated heterocycles. The molecule has 0 aliphatic rings. The minimum atomic E-state index is -4.08. The maximum Gasteiger partial charge on any atom is 0.283 e. The van der Waals surface area contributed by atoms with Crippen LogP contribution in [0, 0.1) is 6.92 Å². The van der Waals surface area contributed by atoms with Crippen LogP contribution in [0.15, 0.2) is 71.6 Å². The van der Waals surface area contributed by atoms with Crippen LogP contribution in [0.25, 0.3) is 10.9 Å². The van der Waals surface area contributed by atoms with Gasteiger partial charge in [-0.1, -0.05) is 24.3 Å². The molecule has 0 atom stereocenters. The molecule has 0 spiro atoms. The van der Waals surface area contributed by atoms with E-state index < -0.39 is 10.0 Å². The van der Waals surface area contributed by atoms with Crippen LogP contribution in [0.2, 0.25) is 0 Å². The van der Waals surface area contributed by atoms with Gasteiger partial charge in [-0.2, -0.15) is 8.42 Å². The highest BCUT2D eigenvalue weighted by atomic mass is 32.2. The lowest BCUT2D eigenvalue weighted by atomic mass is 10.2. The summed E-state index contributed by atoms with van der Waals surface area (Å²) in [6.07, 6.45) is 0. The molecule has 166 valence electrons. The summed E-state index contributed by atoms with van der Waals surface area (Å²) in [5.74, 6) is 1.26. The summed E-state index contributed by atoms with van der Waals surface area (Å²) in [4.78, 5) is -0.0835. The minimum absolute atomic E-state index is 0.0835. The average Bonchev–Trinajstić information content (AvgIpc) is 3.17. The van der Waals surface area contributed by atoms with Crippen LogP contribution in [0.1, 0.15) is 5.56 Å². The summed E-state index contributed by atoms with van der Waals surface area (Å²) in [6, 6.07) is 18.4. The topological polar surface area (TPSA) is 99.9 Å². The summed E-state index contributed by atoms with van der Waals surface area (Å²) in [7, 11) is -2.56. The number of ether oxygens (including phenoxy) is 3. The van der Waals surface area contributed by atoms with E-state index in [2.05, 4.69) is 5.10 Å². The van der Waals surface area contributed by atoms with Crippen molar-refractivity contribution >= 4 is 20.9 Å². The van der Waals surface area contributed by atoms with Crippen molar-refractivity contribution in [3.8, 4) is 23.1 Å². The fourth-order valence-corrected chi connectivity index (χ4v) is 4.42. The Morgan fingerprint density at radius 1 is 0.938 bits per heavy atom. The molecule has 0 fully saturated rings. The van der Waals surface area contributed by atoms with Gasteiger partial charge in [-0.05, 0) is 48.9 Å². The van der Waals surface area contributed by atoms with Crippen molar-refractivity contribution in [2.75, 3.05) is 20.3 Å². The lowest BCUT2D eigenvalue weighted by molar-refractivity contribution is 0.213. The highest BCUT2D eigenvalue weighted by Crippen LogP contribution is 2.32. The molecule has 0 aliphatic carbocycles. The van der Waals surface area contributed by atoms with Gasteiger partial charge in [0.15, 0.2) is 0 Å². The highest BCUT2D eigenvalue weighted by molar-refractivity contribution is 7.90. The number of phenols is 1. The Labute approximate surface area is 185 Å². The minimum Gasteiger partial charge on any atom is -0.508 e. The summed E-state index contributed by atoms with van der Waals surface area (Å²) in [6.45, 7) is 2.09. The number of hydrogen-bond donors (Lipinski definition) is 1. The number of methoxy groups -OCH3 is 1. The second-order valence-corrected chi connectivity index (χ2v) is 8.76. The number of phenolic OH excluding ortho intramolecular Hbond substituents is 1. The predicted molar refractivity (Wildman–Crippen MR) is 119 cm³/mol. The van der Waals surface area contributed by atoms with E-state index in [0.717, 1.165) is 4.09 Å². The number of para-hydroxylation sites is 1. The first-order valence-electron chi connectivity index (χ1n) is 9.83. The normalized spacial score (nSPS) is 11.4. The highest BCUT2D eigenvalue weighted by Gasteiger charge is 2.25. The van der Waals surface area contributed by atoms with Gasteiger partial charge in [0.1, 0.15) is 30.5 Å². The molecule has 32 heavy (non-hydrogen) atoms. The van der Waals surface area contributed by atoms with Gasteiger partial charge in [-0.15, -0.1) is 9.19 Å². The molecular formula is C23H22N2O6S. The zero-order valence-electron chi connectivity index (χ0n) is 17.6. The Hall–Kier alpha value is -3.72. The fraction of sp³-hybridized carbons (Fsp3) is 0.174. The van der Waals surface area contributed by atoms with Gasteiger partial charge < -0.3 is 19.3 Å². The number of benzene rings is 3. The summed E-state index contributed by atoms with van der Waals surface area (Å²) < 4.78 is 44.1. The first-order chi connectivity index (χ1) is 15.4. The van der Waals surface area contributed by atoms with Gasteiger partial charge in [0.05, 0.1) is 22.9 Å². The maximum atomic E-state index is 13.3. The lowest BCUT2D eigenvalue weighted by Crippen LogP contribution is -2.15. The molecule has 0 aliphatic heterocycles. The Morgan fingerprint density at radius 2 is 1.69 bits per heavy atom. The molecule has 0 saturated carbocycles. The van der Waals surface area contributed by atoms with E-state index in [1.54, 1.807) is 25.1 Å². The van der Waals surface area contributed by atoms with Crippen molar-refractivity contribution in [2.45, 2.75) is 11.8 Å². The van der Waals surface area contributed by atoms with Crippen LogP contribution < -0.4 is 14.2 Å². The smallest absolute Gasteiger partial charge is 0.283 e. The van der Waals surface area contributed by atoms with Gasteiger partial charge in [-0.3, -0.25) is 0 Å². The number of aromatic hydroxyl groups is 1.